The van der Waals surface area contributed by atoms with Gasteiger partial charge < -0.3 is 19.0 Å². The molecule has 0 unspecified atom stereocenters. The molecule has 1 atom stereocenters. The molecule has 4 rings (SSSR count). The minimum absolute atomic E-state index is 0.0809. The molecule has 0 bridgehead atoms. The number of amides is 1. The Bertz CT molecular complexity index is 1460. The lowest BCUT2D eigenvalue weighted by Gasteiger charge is -2.31. The van der Waals surface area contributed by atoms with E-state index in [9.17, 15) is 14.7 Å². The van der Waals surface area contributed by atoms with Crippen LogP contribution in [0.1, 0.15) is 48.9 Å². The van der Waals surface area contributed by atoms with E-state index in [-0.39, 0.29) is 12.3 Å². The molecule has 0 radical (unpaired) electrons. The number of carboxylic acid groups (broad SMARTS) is 1. The molecular weight excluding hydrogens is 520 g/mol. The molecule has 3 aromatic carbocycles. The summed E-state index contributed by atoms with van der Waals surface area (Å²) in [6, 6.07) is 26.1. The van der Waals surface area contributed by atoms with E-state index in [1.54, 1.807) is 6.92 Å². The van der Waals surface area contributed by atoms with Crippen molar-refractivity contribution in [1.29, 1.82) is 0 Å². The van der Waals surface area contributed by atoms with Gasteiger partial charge in [0.05, 0.1) is 18.3 Å². The SMILES string of the molecule is CC[C@@H](c1ccc(OCCc2nc(-c3ccccc3)oc2C)cc1)N(C(=O)OCc1ccccc1)/C(C)=C\C(=O)O. The second-order valence-corrected chi connectivity index (χ2v) is 9.51. The van der Waals surface area contributed by atoms with Crippen LogP contribution in [0, 0.1) is 6.92 Å². The van der Waals surface area contributed by atoms with Gasteiger partial charge in [0.1, 0.15) is 18.1 Å². The van der Waals surface area contributed by atoms with Crippen molar-refractivity contribution < 1.29 is 28.6 Å². The van der Waals surface area contributed by atoms with E-state index in [4.69, 9.17) is 13.9 Å². The summed E-state index contributed by atoms with van der Waals surface area (Å²) in [7, 11) is 0. The van der Waals surface area contributed by atoms with E-state index in [2.05, 4.69) is 4.98 Å². The largest absolute Gasteiger partial charge is 0.493 e. The molecule has 0 fully saturated rings. The predicted molar refractivity (Wildman–Crippen MR) is 155 cm³/mol. The number of hydrogen-bond donors (Lipinski definition) is 1. The number of ether oxygens (including phenoxy) is 2. The molecule has 0 aliphatic rings. The number of carbonyl (C=O) groups is 2. The molecule has 4 aromatic rings. The Morgan fingerprint density at radius 3 is 2.29 bits per heavy atom. The lowest BCUT2D eigenvalue weighted by atomic mass is 10.0. The Hall–Kier alpha value is -4.85. The van der Waals surface area contributed by atoms with Crippen molar-refractivity contribution in [2.24, 2.45) is 0 Å². The molecule has 1 amide bonds. The summed E-state index contributed by atoms with van der Waals surface area (Å²) >= 11 is 0. The molecule has 0 aliphatic carbocycles. The van der Waals surface area contributed by atoms with Crippen LogP contribution in [0.4, 0.5) is 4.79 Å². The number of carboxylic acids is 1. The molecule has 0 saturated carbocycles. The monoisotopic (exact) mass is 554 g/mol. The molecule has 8 heteroatoms. The first-order chi connectivity index (χ1) is 19.9. The molecular formula is C33H34N2O6. The van der Waals surface area contributed by atoms with Crippen LogP contribution in [0.15, 0.2) is 101 Å². The van der Waals surface area contributed by atoms with Gasteiger partial charge >= 0.3 is 12.1 Å². The summed E-state index contributed by atoms with van der Waals surface area (Å²) in [5, 5.41) is 9.34. The molecule has 41 heavy (non-hydrogen) atoms. The maximum absolute atomic E-state index is 13.2. The number of aromatic nitrogens is 1. The zero-order valence-electron chi connectivity index (χ0n) is 23.4. The van der Waals surface area contributed by atoms with E-state index in [1.807, 2.05) is 98.8 Å². The highest BCUT2D eigenvalue weighted by Crippen LogP contribution is 2.30. The summed E-state index contributed by atoms with van der Waals surface area (Å²) in [5.74, 6) is 0.883. The molecule has 1 N–H and O–H groups in total. The zero-order valence-corrected chi connectivity index (χ0v) is 23.4. The maximum atomic E-state index is 13.2. The zero-order chi connectivity index (χ0) is 29.2. The van der Waals surface area contributed by atoms with Crippen LogP contribution in [0.3, 0.4) is 0 Å². The second kappa shape index (κ2) is 14.0. The highest BCUT2D eigenvalue weighted by molar-refractivity contribution is 5.82. The van der Waals surface area contributed by atoms with Gasteiger partial charge in [-0.15, -0.1) is 0 Å². The minimum atomic E-state index is -1.14. The number of aryl methyl sites for hydroxylation is 1. The third-order valence-electron chi connectivity index (χ3n) is 6.60. The van der Waals surface area contributed by atoms with Crippen LogP contribution < -0.4 is 4.74 Å². The van der Waals surface area contributed by atoms with E-state index >= 15 is 0 Å². The average Bonchev–Trinajstić information content (AvgIpc) is 3.35. The summed E-state index contributed by atoms with van der Waals surface area (Å²) < 4.78 is 17.4. The van der Waals surface area contributed by atoms with Gasteiger partial charge in [0.15, 0.2) is 0 Å². The van der Waals surface area contributed by atoms with Crippen molar-refractivity contribution in [2.75, 3.05) is 6.61 Å². The second-order valence-electron chi connectivity index (χ2n) is 9.51. The van der Waals surface area contributed by atoms with Gasteiger partial charge in [-0.25, -0.2) is 14.6 Å². The van der Waals surface area contributed by atoms with Gasteiger partial charge in [-0.1, -0.05) is 67.6 Å². The predicted octanol–water partition coefficient (Wildman–Crippen LogP) is 7.35. The normalized spacial score (nSPS) is 12.0. The van der Waals surface area contributed by atoms with Crippen molar-refractivity contribution >= 4 is 12.1 Å². The molecule has 1 aromatic heterocycles. The summed E-state index contributed by atoms with van der Waals surface area (Å²) in [5.41, 5.74) is 3.72. The van der Waals surface area contributed by atoms with Gasteiger partial charge in [-0.05, 0) is 55.7 Å². The minimum Gasteiger partial charge on any atom is -0.493 e. The fraction of sp³-hybridized carbons (Fsp3) is 0.242. The fourth-order valence-electron chi connectivity index (χ4n) is 4.54. The first kappa shape index (κ1) is 29.1. The number of benzene rings is 3. The highest BCUT2D eigenvalue weighted by atomic mass is 16.6. The lowest BCUT2D eigenvalue weighted by molar-refractivity contribution is -0.131. The Morgan fingerprint density at radius 2 is 1.66 bits per heavy atom. The summed E-state index contributed by atoms with van der Waals surface area (Å²) in [6.45, 7) is 5.91. The van der Waals surface area contributed by atoms with E-state index in [0.29, 0.717) is 31.1 Å². The van der Waals surface area contributed by atoms with Crippen molar-refractivity contribution in [3.05, 3.63) is 119 Å². The average molecular weight is 555 g/mol. The third kappa shape index (κ3) is 7.85. The molecule has 212 valence electrons. The number of rotatable bonds is 12. The third-order valence-corrected chi connectivity index (χ3v) is 6.60. The Morgan fingerprint density at radius 1 is 1.00 bits per heavy atom. The first-order valence-corrected chi connectivity index (χ1v) is 13.5. The molecule has 0 aliphatic heterocycles. The Kier molecular flexibility index (Phi) is 9.94. The van der Waals surface area contributed by atoms with Crippen LogP contribution in [-0.2, 0) is 22.6 Å². The molecule has 0 spiro atoms. The van der Waals surface area contributed by atoms with Crippen molar-refractivity contribution in [3.63, 3.8) is 0 Å². The van der Waals surface area contributed by atoms with Gasteiger partial charge in [0.2, 0.25) is 5.89 Å². The summed E-state index contributed by atoms with van der Waals surface area (Å²) in [4.78, 5) is 30.6. The first-order valence-electron chi connectivity index (χ1n) is 13.5. The highest BCUT2D eigenvalue weighted by Gasteiger charge is 2.27. The lowest BCUT2D eigenvalue weighted by Crippen LogP contribution is -2.34. The van der Waals surface area contributed by atoms with E-state index in [1.165, 1.54) is 4.90 Å². The number of oxazole rings is 1. The fourth-order valence-corrected chi connectivity index (χ4v) is 4.54. The number of allylic oxidation sites excluding steroid dienone is 1. The van der Waals surface area contributed by atoms with E-state index in [0.717, 1.165) is 34.2 Å². The molecule has 1 heterocycles. The van der Waals surface area contributed by atoms with Crippen LogP contribution >= 0.6 is 0 Å². The van der Waals surface area contributed by atoms with Gasteiger partial charge in [0, 0.05) is 23.8 Å². The standard InChI is InChI=1S/C33H34N2O6/c1-4-30(35(23(2)21-31(36)37)33(38)40-22-25-11-7-5-8-12-25)26-15-17-28(18-16-26)39-20-19-29-24(3)41-32(34-29)27-13-9-6-10-14-27/h5-18,21,30H,4,19-20,22H2,1-3H3,(H,36,37)/b23-21-/t30-/m0/s1. The van der Waals surface area contributed by atoms with Gasteiger partial charge in [0.25, 0.3) is 0 Å². The van der Waals surface area contributed by atoms with Crippen molar-refractivity contribution in [2.45, 2.75) is 46.3 Å². The number of aliphatic carboxylic acids is 1. The van der Waals surface area contributed by atoms with Crippen LogP contribution in [0.5, 0.6) is 5.75 Å². The number of carbonyl (C=O) groups excluding carboxylic acids is 1. The Labute approximate surface area is 239 Å². The quantitative estimate of drug-likeness (QED) is 0.183. The van der Waals surface area contributed by atoms with Crippen molar-refractivity contribution in [1.82, 2.24) is 9.88 Å². The Balaban J connectivity index is 1.42. The number of nitrogens with zero attached hydrogens (tertiary/aromatic N) is 2. The van der Waals surface area contributed by atoms with Gasteiger partial charge in [-0.2, -0.15) is 0 Å². The molecule has 8 nitrogen and oxygen atoms in total. The van der Waals surface area contributed by atoms with Crippen LogP contribution in [0.2, 0.25) is 0 Å². The van der Waals surface area contributed by atoms with Crippen molar-refractivity contribution in [3.8, 4) is 17.2 Å². The smallest absolute Gasteiger partial charge is 0.414 e. The van der Waals surface area contributed by atoms with Gasteiger partial charge in [-0.3, -0.25) is 4.90 Å². The van der Waals surface area contributed by atoms with E-state index < -0.39 is 18.1 Å². The topological polar surface area (TPSA) is 102 Å². The molecule has 0 saturated heterocycles. The van der Waals surface area contributed by atoms with Crippen LogP contribution in [-0.4, -0.2) is 33.7 Å². The summed E-state index contributed by atoms with van der Waals surface area (Å²) in [6.07, 6.45) is 1.52. The number of hydrogen-bond acceptors (Lipinski definition) is 6. The maximum Gasteiger partial charge on any atom is 0.414 e. The van der Waals surface area contributed by atoms with Crippen LogP contribution in [0.25, 0.3) is 11.5 Å².